The molecule has 149 valence electrons. The van der Waals surface area contributed by atoms with Gasteiger partial charge >= 0.3 is 25.5 Å². The Morgan fingerprint density at radius 1 is 0.857 bits per heavy atom. The molecule has 0 N–H and O–H groups in total. The van der Waals surface area contributed by atoms with Gasteiger partial charge < -0.3 is 14.2 Å². The molecule has 0 heterocycles. The average Bonchev–Trinajstić information content (AvgIpc) is 2.78. The summed E-state index contributed by atoms with van der Waals surface area (Å²) in [5, 5.41) is 0.347. The van der Waals surface area contributed by atoms with Crippen LogP contribution < -0.4 is 14.2 Å². The number of rotatable bonds is 4. The maximum atomic E-state index is 11.8. The molecule has 3 rings (SSSR count). The zero-order valence-corrected chi connectivity index (χ0v) is 16.9. The number of carbonyl (C=O) groups excluding carboxylic acids is 1. The fourth-order valence-electron chi connectivity index (χ4n) is 1.87. The Morgan fingerprint density at radius 3 is 1.89 bits per heavy atom. The molecule has 28 heavy (non-hydrogen) atoms. The normalized spacial score (nSPS) is 9.00. The van der Waals surface area contributed by atoms with Crippen molar-refractivity contribution >= 4 is 17.6 Å². The van der Waals surface area contributed by atoms with Crippen LogP contribution in [-0.4, -0.2) is 20.2 Å². The summed E-state index contributed by atoms with van der Waals surface area (Å²) in [4.78, 5) is 11.8. The molecule has 0 unspecified atom stereocenters. The fraction of sp³-hybridized carbons (Fsp3) is 0.0952. The van der Waals surface area contributed by atoms with E-state index in [4.69, 9.17) is 29.7 Å². The summed E-state index contributed by atoms with van der Waals surface area (Å²) in [5.41, 5.74) is 0.430. The van der Waals surface area contributed by atoms with Gasteiger partial charge in [-0.3, -0.25) is 0 Å². The van der Waals surface area contributed by atoms with Gasteiger partial charge in [0.1, 0.15) is 5.75 Å². The molecule has 7 heteroatoms. The summed E-state index contributed by atoms with van der Waals surface area (Å²) in [7, 11) is 3.21. The Kier molecular flexibility index (Phi) is 11.3. The van der Waals surface area contributed by atoms with E-state index in [-0.39, 0.29) is 0 Å². The molecule has 0 bridgehead atoms. The second-order valence-corrected chi connectivity index (χ2v) is 5.32. The number of ether oxygens (including phenoxy) is 3. The van der Waals surface area contributed by atoms with Gasteiger partial charge in [0.25, 0.3) is 0 Å². The van der Waals surface area contributed by atoms with Gasteiger partial charge in [-0.1, -0.05) is 0 Å². The van der Waals surface area contributed by atoms with E-state index in [1.807, 2.05) is 24.3 Å². The van der Waals surface area contributed by atoms with E-state index in [0.717, 1.165) is 5.75 Å². The Hall–Kier alpha value is -2.67. The number of esters is 1. The molecular formula is C21H17ClCoO5-2. The van der Waals surface area contributed by atoms with Crippen LogP contribution in [0.4, 0.5) is 0 Å². The molecule has 3 aromatic carbocycles. The molecule has 0 spiro atoms. The molecule has 5 nitrogen and oxygen atoms in total. The number of methoxy groups -OCH3 is 2. The van der Waals surface area contributed by atoms with E-state index >= 15 is 0 Å². The summed E-state index contributed by atoms with van der Waals surface area (Å²) in [5.74, 6) is 1.41. The number of hydrogen-bond donors (Lipinski definition) is 0. The monoisotopic (exact) mass is 443 g/mol. The predicted molar refractivity (Wildman–Crippen MR) is 101 cm³/mol. The third-order valence-electron chi connectivity index (χ3n) is 3.23. The Labute approximate surface area is 177 Å². The van der Waals surface area contributed by atoms with E-state index in [2.05, 4.69) is 27.8 Å². The van der Waals surface area contributed by atoms with Crippen LogP contribution in [0.25, 0.3) is 0 Å². The van der Waals surface area contributed by atoms with Crippen molar-refractivity contribution < 1.29 is 38.5 Å². The van der Waals surface area contributed by atoms with E-state index < -0.39 is 5.97 Å². The van der Waals surface area contributed by atoms with Crippen LogP contribution in [0.5, 0.6) is 17.2 Å². The van der Waals surface area contributed by atoms with Crippen LogP contribution in [0.1, 0.15) is 10.4 Å². The molecular weight excluding hydrogens is 427 g/mol. The van der Waals surface area contributed by atoms with Crippen LogP contribution in [0, 0.1) is 12.1 Å². The van der Waals surface area contributed by atoms with Gasteiger partial charge in [-0.25, -0.2) is 4.79 Å². The van der Waals surface area contributed by atoms with Gasteiger partial charge in [-0.15, -0.1) is 18.2 Å². The van der Waals surface area contributed by atoms with E-state index in [1.165, 1.54) is 6.07 Å². The molecule has 0 aromatic heterocycles. The zero-order chi connectivity index (χ0) is 20.8. The second-order valence-electron chi connectivity index (χ2n) is 4.91. The SMILES string of the molecule is COc1cc[c-]cc1.COc1ccc(C(=O)Oc2cc[c-]cc2Cl)cc1.[O]=[Co]. The standard InChI is InChI=1S/C14H10ClO3.C7H7O.Co.O/c1-17-11-8-6-10(7-9-11)14(16)18-13-5-3-2-4-12(13)15;1-8-7-5-3-2-4-6-7;;/h3-9H,1H3;3-6H,1H3;;/q2*-1;;. The molecule has 0 aliphatic rings. The van der Waals surface area contributed by atoms with Crippen molar-refractivity contribution in [3.8, 4) is 17.2 Å². The number of benzene rings is 3. The number of hydrogen-bond acceptors (Lipinski definition) is 5. The quantitative estimate of drug-likeness (QED) is 0.331. The third kappa shape index (κ3) is 7.92. The minimum absolute atomic E-state index is 0.316. The molecule has 0 saturated carbocycles. The van der Waals surface area contributed by atoms with E-state index in [1.54, 1.807) is 50.6 Å². The van der Waals surface area contributed by atoms with Crippen molar-refractivity contribution in [2.75, 3.05) is 14.2 Å². The summed E-state index contributed by atoms with van der Waals surface area (Å²) < 4.78 is 23.0. The molecule has 0 atom stereocenters. The van der Waals surface area contributed by atoms with Gasteiger partial charge in [-0.05, 0) is 29.3 Å². The first-order valence-electron chi connectivity index (χ1n) is 7.79. The molecule has 0 fully saturated rings. The number of halogens is 1. The summed E-state index contributed by atoms with van der Waals surface area (Å²) in [6.45, 7) is 0. The van der Waals surface area contributed by atoms with Crippen molar-refractivity contribution in [3.05, 3.63) is 89.4 Å². The molecule has 0 amide bonds. The first-order chi connectivity index (χ1) is 13.6. The van der Waals surface area contributed by atoms with Crippen molar-refractivity contribution in [1.82, 2.24) is 0 Å². The van der Waals surface area contributed by atoms with Crippen LogP contribution in [0.3, 0.4) is 0 Å². The first-order valence-corrected chi connectivity index (χ1v) is 8.60. The number of carbonyl (C=O) groups is 1. The Balaban J connectivity index is 0.000000327. The maximum absolute atomic E-state index is 11.8. The van der Waals surface area contributed by atoms with Gasteiger partial charge in [0.2, 0.25) is 0 Å². The van der Waals surface area contributed by atoms with Crippen molar-refractivity contribution in [3.63, 3.8) is 0 Å². The van der Waals surface area contributed by atoms with Gasteiger partial charge in [0.15, 0.2) is 0 Å². The third-order valence-corrected chi connectivity index (χ3v) is 3.52. The van der Waals surface area contributed by atoms with Crippen LogP contribution in [0.15, 0.2) is 66.7 Å². The molecule has 3 aromatic rings. The Morgan fingerprint density at radius 2 is 1.39 bits per heavy atom. The molecule has 0 aliphatic carbocycles. The topological polar surface area (TPSA) is 61.8 Å². The predicted octanol–water partition coefficient (Wildman–Crippen LogP) is 4.74. The van der Waals surface area contributed by atoms with Gasteiger partial charge in [0, 0.05) is 11.5 Å². The van der Waals surface area contributed by atoms with Gasteiger partial charge in [-0.2, -0.15) is 48.0 Å². The van der Waals surface area contributed by atoms with Crippen LogP contribution >= 0.6 is 11.6 Å². The Bertz CT molecular complexity index is 841. The molecule has 0 aliphatic heterocycles. The van der Waals surface area contributed by atoms with Crippen molar-refractivity contribution in [2.24, 2.45) is 0 Å². The van der Waals surface area contributed by atoms with Crippen molar-refractivity contribution in [1.29, 1.82) is 0 Å². The van der Waals surface area contributed by atoms with E-state index in [0.29, 0.717) is 22.1 Å². The average molecular weight is 444 g/mol. The minimum atomic E-state index is -0.467. The summed E-state index contributed by atoms with van der Waals surface area (Å²) in [6, 6.07) is 24.4. The summed E-state index contributed by atoms with van der Waals surface area (Å²) in [6.07, 6.45) is 0. The van der Waals surface area contributed by atoms with E-state index in [9.17, 15) is 4.79 Å². The molecule has 0 saturated heterocycles. The van der Waals surface area contributed by atoms with Gasteiger partial charge in [0.05, 0.1) is 19.8 Å². The van der Waals surface area contributed by atoms with Crippen LogP contribution in [-0.2, 0) is 19.5 Å². The van der Waals surface area contributed by atoms with Crippen LogP contribution in [0.2, 0.25) is 5.02 Å². The fourth-order valence-corrected chi connectivity index (χ4v) is 2.04. The second kappa shape index (κ2) is 13.5. The summed E-state index contributed by atoms with van der Waals surface area (Å²) >= 11 is 8.19. The molecule has 0 radical (unpaired) electrons. The first kappa shape index (κ1) is 23.4. The zero-order valence-electron chi connectivity index (χ0n) is 15.1. The van der Waals surface area contributed by atoms with Crippen molar-refractivity contribution in [2.45, 2.75) is 0 Å².